The highest BCUT2D eigenvalue weighted by molar-refractivity contribution is 6.28. The highest BCUT2D eigenvalue weighted by Crippen LogP contribution is 2.25. The summed E-state index contributed by atoms with van der Waals surface area (Å²) in [5.74, 6) is 0.764. The highest BCUT2D eigenvalue weighted by atomic mass is 35.5. The van der Waals surface area contributed by atoms with Crippen molar-refractivity contribution in [2.75, 3.05) is 18.0 Å². The minimum atomic E-state index is 0.255. The van der Waals surface area contributed by atoms with Gasteiger partial charge >= 0.3 is 0 Å². The Balaban J connectivity index is 2.61. The van der Waals surface area contributed by atoms with Crippen LogP contribution in [0.3, 0.4) is 0 Å². The van der Waals surface area contributed by atoms with Gasteiger partial charge in [-0.2, -0.15) is 4.98 Å². The van der Waals surface area contributed by atoms with Crippen LogP contribution in [0, 0.1) is 0 Å². The standard InChI is InChI=1S/C10H12ClN3O/c1-3-14(4-2)9-8-7(5-6-15-8)12-10(11)13-9/h5-6H,3-4H2,1-2H3. The number of halogens is 1. The maximum atomic E-state index is 5.85. The van der Waals surface area contributed by atoms with Crippen molar-refractivity contribution in [3.63, 3.8) is 0 Å². The second-order valence-corrected chi connectivity index (χ2v) is 3.46. The van der Waals surface area contributed by atoms with Gasteiger partial charge in [0.05, 0.1) is 6.26 Å². The molecule has 2 heterocycles. The molecule has 0 radical (unpaired) electrons. The van der Waals surface area contributed by atoms with Crippen molar-refractivity contribution in [2.45, 2.75) is 13.8 Å². The van der Waals surface area contributed by atoms with Crippen molar-refractivity contribution in [3.8, 4) is 0 Å². The molecule has 2 rings (SSSR count). The fourth-order valence-corrected chi connectivity index (χ4v) is 1.73. The van der Waals surface area contributed by atoms with Crippen LogP contribution < -0.4 is 4.90 Å². The number of nitrogens with zero attached hydrogens (tertiary/aromatic N) is 3. The zero-order valence-corrected chi connectivity index (χ0v) is 9.45. The summed E-state index contributed by atoms with van der Waals surface area (Å²) in [6, 6.07) is 1.79. The first-order chi connectivity index (χ1) is 7.26. The van der Waals surface area contributed by atoms with Gasteiger partial charge in [0.25, 0.3) is 0 Å². The Labute approximate surface area is 92.9 Å². The first kappa shape index (κ1) is 10.2. The van der Waals surface area contributed by atoms with Gasteiger partial charge in [-0.25, -0.2) is 4.98 Å². The van der Waals surface area contributed by atoms with Crippen LogP contribution in [0.25, 0.3) is 11.1 Å². The fraction of sp³-hybridized carbons (Fsp3) is 0.400. The Bertz CT molecular complexity index is 465. The van der Waals surface area contributed by atoms with E-state index in [0.29, 0.717) is 5.58 Å². The van der Waals surface area contributed by atoms with E-state index in [9.17, 15) is 0 Å². The average molecular weight is 226 g/mol. The van der Waals surface area contributed by atoms with E-state index in [-0.39, 0.29) is 5.28 Å². The first-order valence-electron chi connectivity index (χ1n) is 4.92. The molecule has 0 N–H and O–H groups in total. The van der Waals surface area contributed by atoms with E-state index < -0.39 is 0 Å². The molecular formula is C10H12ClN3O. The molecule has 0 unspecified atom stereocenters. The molecular weight excluding hydrogens is 214 g/mol. The monoisotopic (exact) mass is 225 g/mol. The molecule has 0 atom stereocenters. The quantitative estimate of drug-likeness (QED) is 0.754. The minimum Gasteiger partial charge on any atom is -0.459 e. The molecule has 0 aliphatic rings. The zero-order chi connectivity index (χ0) is 10.8. The predicted octanol–water partition coefficient (Wildman–Crippen LogP) is 2.72. The molecule has 0 aliphatic heterocycles. The van der Waals surface area contributed by atoms with Crippen molar-refractivity contribution < 1.29 is 4.42 Å². The van der Waals surface area contributed by atoms with Crippen LogP contribution >= 0.6 is 11.6 Å². The summed E-state index contributed by atoms with van der Waals surface area (Å²) in [4.78, 5) is 10.4. The van der Waals surface area contributed by atoms with Crippen LogP contribution in [0.5, 0.6) is 0 Å². The third-order valence-corrected chi connectivity index (χ3v) is 2.49. The summed E-state index contributed by atoms with van der Waals surface area (Å²) in [5, 5.41) is 0.255. The maximum absolute atomic E-state index is 5.85. The molecule has 0 saturated heterocycles. The van der Waals surface area contributed by atoms with Crippen molar-refractivity contribution in [2.24, 2.45) is 0 Å². The number of furan rings is 1. The van der Waals surface area contributed by atoms with E-state index in [1.54, 1.807) is 12.3 Å². The SMILES string of the molecule is CCN(CC)c1nc(Cl)nc2ccoc12. The minimum absolute atomic E-state index is 0.255. The van der Waals surface area contributed by atoms with Gasteiger partial charge in [0.1, 0.15) is 5.52 Å². The van der Waals surface area contributed by atoms with E-state index in [2.05, 4.69) is 28.7 Å². The van der Waals surface area contributed by atoms with E-state index >= 15 is 0 Å². The molecule has 4 nitrogen and oxygen atoms in total. The van der Waals surface area contributed by atoms with Crippen LogP contribution in [0.2, 0.25) is 5.28 Å². The molecule has 15 heavy (non-hydrogen) atoms. The number of hydrogen-bond acceptors (Lipinski definition) is 4. The predicted molar refractivity (Wildman–Crippen MR) is 60.4 cm³/mol. The lowest BCUT2D eigenvalue weighted by atomic mass is 10.4. The summed E-state index contributed by atoms with van der Waals surface area (Å²) >= 11 is 5.85. The Kier molecular flexibility index (Phi) is 2.77. The summed E-state index contributed by atoms with van der Waals surface area (Å²) in [7, 11) is 0. The smallest absolute Gasteiger partial charge is 0.225 e. The zero-order valence-electron chi connectivity index (χ0n) is 8.70. The third kappa shape index (κ3) is 1.77. The number of rotatable bonds is 3. The average Bonchev–Trinajstić information content (AvgIpc) is 2.67. The molecule has 0 aliphatic carbocycles. The Morgan fingerprint density at radius 2 is 2.07 bits per heavy atom. The first-order valence-corrected chi connectivity index (χ1v) is 5.29. The fourth-order valence-electron chi connectivity index (χ4n) is 1.56. The molecule has 0 fully saturated rings. The lowest BCUT2D eigenvalue weighted by Gasteiger charge is -2.19. The topological polar surface area (TPSA) is 42.2 Å². The van der Waals surface area contributed by atoms with E-state index in [4.69, 9.17) is 16.0 Å². The van der Waals surface area contributed by atoms with Crippen LogP contribution in [0.4, 0.5) is 5.82 Å². The molecule has 0 bridgehead atoms. The third-order valence-electron chi connectivity index (χ3n) is 2.32. The van der Waals surface area contributed by atoms with Crippen molar-refractivity contribution >= 4 is 28.5 Å². The molecule has 0 amide bonds. The molecule has 0 spiro atoms. The summed E-state index contributed by atoms with van der Waals surface area (Å²) < 4.78 is 5.36. The van der Waals surface area contributed by atoms with E-state index in [0.717, 1.165) is 24.4 Å². The number of hydrogen-bond donors (Lipinski definition) is 0. The van der Waals surface area contributed by atoms with Crippen molar-refractivity contribution in [1.29, 1.82) is 0 Å². The summed E-state index contributed by atoms with van der Waals surface area (Å²) in [6.45, 7) is 5.85. The lowest BCUT2D eigenvalue weighted by molar-refractivity contribution is 0.611. The van der Waals surface area contributed by atoms with Crippen molar-refractivity contribution in [1.82, 2.24) is 9.97 Å². The van der Waals surface area contributed by atoms with Crippen LogP contribution in [0.15, 0.2) is 16.7 Å². The highest BCUT2D eigenvalue weighted by Gasteiger charge is 2.13. The number of anilines is 1. The number of aromatic nitrogens is 2. The summed E-state index contributed by atoms with van der Waals surface area (Å²) in [6.07, 6.45) is 1.60. The second-order valence-electron chi connectivity index (χ2n) is 3.12. The Morgan fingerprint density at radius 3 is 2.73 bits per heavy atom. The largest absolute Gasteiger partial charge is 0.459 e. The molecule has 2 aromatic heterocycles. The summed E-state index contributed by atoms with van der Waals surface area (Å²) in [5.41, 5.74) is 1.44. The molecule has 5 heteroatoms. The number of fused-ring (bicyclic) bond motifs is 1. The lowest BCUT2D eigenvalue weighted by Crippen LogP contribution is -2.23. The van der Waals surface area contributed by atoms with Crippen LogP contribution in [0.1, 0.15) is 13.8 Å². The normalized spacial score (nSPS) is 10.9. The van der Waals surface area contributed by atoms with Gasteiger partial charge in [-0.15, -0.1) is 0 Å². The van der Waals surface area contributed by atoms with Gasteiger partial charge in [-0.3, -0.25) is 0 Å². The Hall–Kier alpha value is -1.29. The van der Waals surface area contributed by atoms with Crippen LogP contribution in [-0.2, 0) is 0 Å². The van der Waals surface area contributed by atoms with Gasteiger partial charge in [-0.1, -0.05) is 0 Å². The molecule has 0 aromatic carbocycles. The van der Waals surface area contributed by atoms with Gasteiger partial charge in [0.15, 0.2) is 11.4 Å². The van der Waals surface area contributed by atoms with E-state index in [1.165, 1.54) is 0 Å². The maximum Gasteiger partial charge on any atom is 0.225 e. The van der Waals surface area contributed by atoms with Gasteiger partial charge in [-0.05, 0) is 25.4 Å². The Morgan fingerprint density at radius 1 is 1.33 bits per heavy atom. The molecule has 2 aromatic rings. The van der Waals surface area contributed by atoms with Crippen LogP contribution in [-0.4, -0.2) is 23.1 Å². The molecule has 80 valence electrons. The van der Waals surface area contributed by atoms with Gasteiger partial charge in [0.2, 0.25) is 5.28 Å². The van der Waals surface area contributed by atoms with Crippen molar-refractivity contribution in [3.05, 3.63) is 17.6 Å². The van der Waals surface area contributed by atoms with Gasteiger partial charge < -0.3 is 9.32 Å². The second kappa shape index (κ2) is 4.06. The van der Waals surface area contributed by atoms with Gasteiger partial charge in [0, 0.05) is 19.2 Å². The van der Waals surface area contributed by atoms with E-state index in [1.807, 2.05) is 0 Å². The molecule has 0 saturated carbocycles.